The summed E-state index contributed by atoms with van der Waals surface area (Å²) in [4.78, 5) is 46.8. The van der Waals surface area contributed by atoms with Gasteiger partial charge in [-0.3, -0.25) is 23.7 Å². The molecule has 0 fully saturated rings. The first-order valence-corrected chi connectivity index (χ1v) is 9.92. The number of benzene rings is 1. The first kappa shape index (κ1) is 20.8. The van der Waals surface area contributed by atoms with Gasteiger partial charge < -0.3 is 5.32 Å². The lowest BCUT2D eigenvalue weighted by Gasteiger charge is -2.14. The van der Waals surface area contributed by atoms with Crippen molar-refractivity contribution in [3.8, 4) is 0 Å². The van der Waals surface area contributed by atoms with Crippen LogP contribution in [0.25, 0.3) is 11.0 Å². The molecule has 1 amide bonds. The fraction of sp³-hybridized carbons (Fsp3) is 0.0952. The van der Waals surface area contributed by atoms with E-state index in [0.717, 1.165) is 4.57 Å². The zero-order chi connectivity index (χ0) is 22.0. The van der Waals surface area contributed by atoms with E-state index < -0.39 is 17.2 Å². The van der Waals surface area contributed by atoms with Crippen molar-refractivity contribution in [1.82, 2.24) is 19.1 Å². The van der Waals surface area contributed by atoms with Crippen molar-refractivity contribution in [3.05, 3.63) is 97.5 Å². The molecular formula is C21H15Cl2N5O3. The van der Waals surface area contributed by atoms with E-state index in [1.165, 1.54) is 16.8 Å². The van der Waals surface area contributed by atoms with Gasteiger partial charge in [-0.2, -0.15) is 0 Å². The highest BCUT2D eigenvalue weighted by molar-refractivity contribution is 6.42. The Morgan fingerprint density at radius 2 is 1.81 bits per heavy atom. The van der Waals surface area contributed by atoms with Crippen LogP contribution in [0.4, 0.5) is 5.69 Å². The predicted molar refractivity (Wildman–Crippen MR) is 119 cm³/mol. The fourth-order valence-electron chi connectivity index (χ4n) is 3.13. The van der Waals surface area contributed by atoms with Crippen molar-refractivity contribution in [2.45, 2.75) is 13.1 Å². The Kier molecular flexibility index (Phi) is 5.83. The van der Waals surface area contributed by atoms with Gasteiger partial charge in [-0.15, -0.1) is 0 Å². The number of rotatable bonds is 5. The van der Waals surface area contributed by atoms with Gasteiger partial charge in [-0.1, -0.05) is 29.3 Å². The molecule has 1 aromatic carbocycles. The highest BCUT2D eigenvalue weighted by Gasteiger charge is 2.17. The molecule has 1 N–H and O–H groups in total. The Labute approximate surface area is 185 Å². The van der Waals surface area contributed by atoms with E-state index in [0.29, 0.717) is 16.3 Å². The summed E-state index contributed by atoms with van der Waals surface area (Å²) in [5.74, 6) is -0.475. The summed E-state index contributed by atoms with van der Waals surface area (Å²) < 4.78 is 2.26. The lowest BCUT2D eigenvalue weighted by atomic mass is 10.2. The van der Waals surface area contributed by atoms with Gasteiger partial charge in [0, 0.05) is 24.3 Å². The number of carbonyl (C=O) groups is 1. The van der Waals surface area contributed by atoms with Crippen molar-refractivity contribution >= 4 is 45.8 Å². The van der Waals surface area contributed by atoms with Gasteiger partial charge >= 0.3 is 5.69 Å². The Morgan fingerprint density at radius 3 is 2.55 bits per heavy atom. The van der Waals surface area contributed by atoms with Crippen molar-refractivity contribution in [3.63, 3.8) is 0 Å². The minimum absolute atomic E-state index is 0.00638. The second-order valence-corrected chi connectivity index (χ2v) is 7.48. The molecule has 0 bridgehead atoms. The van der Waals surface area contributed by atoms with Crippen molar-refractivity contribution in [2.24, 2.45) is 0 Å². The number of anilines is 1. The summed E-state index contributed by atoms with van der Waals surface area (Å²) in [5.41, 5.74) is 0.295. The molecule has 156 valence electrons. The lowest BCUT2D eigenvalue weighted by molar-refractivity contribution is -0.116. The number of nitrogens with one attached hydrogen (secondary N) is 1. The Morgan fingerprint density at radius 1 is 1.00 bits per heavy atom. The molecule has 0 spiro atoms. The van der Waals surface area contributed by atoms with Crippen LogP contribution in [-0.2, 0) is 17.9 Å². The maximum absolute atomic E-state index is 13.2. The number of nitrogens with zero attached hydrogens (tertiary/aromatic N) is 4. The monoisotopic (exact) mass is 455 g/mol. The minimum atomic E-state index is -0.626. The van der Waals surface area contributed by atoms with Crippen molar-refractivity contribution < 1.29 is 4.79 Å². The van der Waals surface area contributed by atoms with Crippen LogP contribution < -0.4 is 16.6 Å². The summed E-state index contributed by atoms with van der Waals surface area (Å²) in [6.45, 7) is -0.318. The Balaban J connectivity index is 1.74. The molecule has 4 rings (SSSR count). The SMILES string of the molecule is O=C(Cn1c(=O)n(Cc2cccnc2)c(=O)c2ncccc21)Nc1ccc(Cl)c(Cl)c1. The predicted octanol–water partition coefficient (Wildman–Crippen LogP) is 2.95. The van der Waals surface area contributed by atoms with Crippen LogP contribution in [0, 0.1) is 0 Å². The Bertz CT molecular complexity index is 1400. The van der Waals surface area contributed by atoms with Crippen molar-refractivity contribution in [2.75, 3.05) is 5.32 Å². The Hall–Kier alpha value is -3.49. The summed E-state index contributed by atoms with van der Waals surface area (Å²) in [6.07, 6.45) is 4.62. The van der Waals surface area contributed by atoms with Gasteiger partial charge in [-0.25, -0.2) is 9.78 Å². The molecule has 3 aromatic heterocycles. The number of halogens is 2. The van der Waals surface area contributed by atoms with Crippen LogP contribution in [0.5, 0.6) is 0 Å². The third-order valence-electron chi connectivity index (χ3n) is 4.56. The second-order valence-electron chi connectivity index (χ2n) is 6.67. The quantitative estimate of drug-likeness (QED) is 0.498. The van der Waals surface area contributed by atoms with E-state index in [-0.39, 0.29) is 29.1 Å². The highest BCUT2D eigenvalue weighted by atomic mass is 35.5. The topological polar surface area (TPSA) is 98.9 Å². The summed E-state index contributed by atoms with van der Waals surface area (Å²) in [5, 5.41) is 3.32. The van der Waals surface area contributed by atoms with Crippen LogP contribution in [0.2, 0.25) is 10.0 Å². The van der Waals surface area contributed by atoms with E-state index in [4.69, 9.17) is 23.2 Å². The zero-order valence-corrected chi connectivity index (χ0v) is 17.5. The fourth-order valence-corrected chi connectivity index (χ4v) is 3.43. The van der Waals surface area contributed by atoms with E-state index in [1.807, 2.05) is 0 Å². The summed E-state index contributed by atoms with van der Waals surface area (Å²) in [6, 6.07) is 11.3. The number of carbonyl (C=O) groups excluding carboxylic acids is 1. The van der Waals surface area contributed by atoms with Gasteiger partial charge in [0.1, 0.15) is 6.54 Å². The molecule has 0 unspecified atom stereocenters. The number of pyridine rings is 2. The first-order chi connectivity index (χ1) is 14.9. The molecule has 10 heteroatoms. The third-order valence-corrected chi connectivity index (χ3v) is 5.29. The maximum atomic E-state index is 13.2. The zero-order valence-electron chi connectivity index (χ0n) is 16.0. The molecule has 0 saturated carbocycles. The van der Waals surface area contributed by atoms with E-state index in [2.05, 4.69) is 15.3 Å². The molecule has 0 aliphatic rings. The van der Waals surface area contributed by atoms with Gasteiger partial charge in [0.15, 0.2) is 5.52 Å². The molecule has 0 radical (unpaired) electrons. The minimum Gasteiger partial charge on any atom is -0.324 e. The largest absolute Gasteiger partial charge is 0.332 e. The molecule has 0 saturated heterocycles. The van der Waals surface area contributed by atoms with E-state index in [1.54, 1.807) is 48.8 Å². The maximum Gasteiger partial charge on any atom is 0.332 e. The van der Waals surface area contributed by atoms with Gasteiger partial charge in [0.25, 0.3) is 5.56 Å². The molecule has 4 aromatic rings. The van der Waals surface area contributed by atoms with Crippen LogP contribution in [0.15, 0.2) is 70.6 Å². The molecule has 0 aliphatic heterocycles. The summed E-state index contributed by atoms with van der Waals surface area (Å²) in [7, 11) is 0. The average Bonchev–Trinajstić information content (AvgIpc) is 2.77. The number of fused-ring (bicyclic) bond motifs is 1. The molecule has 0 atom stereocenters. The van der Waals surface area contributed by atoms with Crippen LogP contribution in [0.3, 0.4) is 0 Å². The number of amides is 1. The first-order valence-electron chi connectivity index (χ1n) is 9.16. The van der Waals surface area contributed by atoms with Gasteiger partial charge in [0.05, 0.1) is 22.1 Å². The summed E-state index contributed by atoms with van der Waals surface area (Å²) >= 11 is 11.9. The third kappa shape index (κ3) is 4.35. The molecule has 0 aliphatic carbocycles. The number of aromatic nitrogens is 4. The smallest absolute Gasteiger partial charge is 0.324 e. The van der Waals surface area contributed by atoms with E-state index in [9.17, 15) is 14.4 Å². The molecule has 3 heterocycles. The number of hydrogen-bond donors (Lipinski definition) is 1. The van der Waals surface area contributed by atoms with Gasteiger partial charge in [0.2, 0.25) is 5.91 Å². The molecular weight excluding hydrogens is 441 g/mol. The van der Waals surface area contributed by atoms with Crippen LogP contribution >= 0.6 is 23.2 Å². The van der Waals surface area contributed by atoms with Crippen LogP contribution in [-0.4, -0.2) is 25.0 Å². The van der Waals surface area contributed by atoms with Gasteiger partial charge in [-0.05, 0) is 42.0 Å². The van der Waals surface area contributed by atoms with E-state index >= 15 is 0 Å². The highest BCUT2D eigenvalue weighted by Crippen LogP contribution is 2.25. The molecule has 31 heavy (non-hydrogen) atoms. The molecule has 8 nitrogen and oxygen atoms in total. The lowest BCUT2D eigenvalue weighted by Crippen LogP contribution is -2.42. The standard InChI is InChI=1S/C21H15Cl2N5O3/c22-15-6-5-14(9-16(15)23)26-18(29)12-27-17-4-2-8-25-19(17)20(30)28(21(27)31)11-13-3-1-7-24-10-13/h1-10H,11-12H2,(H,26,29). The average molecular weight is 456 g/mol. The van der Waals surface area contributed by atoms with Crippen LogP contribution in [0.1, 0.15) is 5.56 Å². The van der Waals surface area contributed by atoms with Crippen molar-refractivity contribution in [1.29, 1.82) is 0 Å². The number of hydrogen-bond acceptors (Lipinski definition) is 5. The normalized spacial score (nSPS) is 10.9. The second kappa shape index (κ2) is 8.71.